The lowest BCUT2D eigenvalue weighted by Crippen LogP contribution is -2.59. The van der Waals surface area contributed by atoms with Gasteiger partial charge in [-0.1, -0.05) is 44.2 Å². The van der Waals surface area contributed by atoms with Crippen molar-refractivity contribution in [3.63, 3.8) is 0 Å². The van der Waals surface area contributed by atoms with Crippen LogP contribution in [0.5, 0.6) is 0 Å². The number of likely N-dealkylation sites (N-methyl/N-ethyl adjacent to an activating group) is 1. The molecule has 0 saturated heterocycles. The quantitative estimate of drug-likeness (QED) is 0.729. The second-order valence-corrected chi connectivity index (χ2v) is 5.86. The number of hydrogen-bond donors (Lipinski definition) is 2. The average Bonchev–Trinajstić information content (AvgIpc) is 3.33. The van der Waals surface area contributed by atoms with Gasteiger partial charge >= 0.3 is 0 Å². The Labute approximate surface area is 127 Å². The van der Waals surface area contributed by atoms with Crippen molar-refractivity contribution in [3.05, 3.63) is 35.9 Å². The van der Waals surface area contributed by atoms with Gasteiger partial charge in [0.15, 0.2) is 0 Å². The summed E-state index contributed by atoms with van der Waals surface area (Å²) in [5.74, 6) is -0.291. The molecular formula is C17H27N3O. The van der Waals surface area contributed by atoms with Crippen molar-refractivity contribution in [2.75, 3.05) is 19.6 Å². The third kappa shape index (κ3) is 3.63. The fourth-order valence-electron chi connectivity index (χ4n) is 2.86. The van der Waals surface area contributed by atoms with Gasteiger partial charge in [-0.25, -0.2) is 0 Å². The minimum Gasteiger partial charge on any atom is -0.368 e. The summed E-state index contributed by atoms with van der Waals surface area (Å²) in [6.45, 7) is 6.62. The Bertz CT molecular complexity index is 458. The Morgan fingerprint density at radius 2 is 2.00 bits per heavy atom. The summed E-state index contributed by atoms with van der Waals surface area (Å²) < 4.78 is 0. The number of carbonyl (C=O) groups is 1. The molecule has 1 aliphatic rings. The molecule has 1 atom stereocenters. The summed E-state index contributed by atoms with van der Waals surface area (Å²) in [6, 6.07) is 10.5. The maximum Gasteiger partial charge on any atom is 0.243 e. The first-order chi connectivity index (χ1) is 10.1. The molecule has 0 heterocycles. The molecule has 0 bridgehead atoms. The Hall–Kier alpha value is -1.39. The number of nitrogens with zero attached hydrogens (tertiary/aromatic N) is 1. The fraction of sp³-hybridized carbons (Fsp3) is 0.588. The van der Waals surface area contributed by atoms with Crippen molar-refractivity contribution < 1.29 is 4.79 Å². The Balaban J connectivity index is 2.32. The maximum absolute atomic E-state index is 12.4. The van der Waals surface area contributed by atoms with Crippen LogP contribution >= 0.6 is 0 Å². The number of rotatable bonds is 9. The first-order valence-electron chi connectivity index (χ1n) is 7.98. The molecule has 1 aromatic carbocycles. The van der Waals surface area contributed by atoms with Crippen LogP contribution in [-0.2, 0) is 10.3 Å². The number of carbonyl (C=O) groups excluding carboxylic acids is 1. The first kappa shape index (κ1) is 16.0. The summed E-state index contributed by atoms with van der Waals surface area (Å²) in [7, 11) is 0. The van der Waals surface area contributed by atoms with E-state index >= 15 is 0 Å². The van der Waals surface area contributed by atoms with Crippen LogP contribution in [0, 0.1) is 0 Å². The predicted molar refractivity (Wildman–Crippen MR) is 85.9 cm³/mol. The molecular weight excluding hydrogens is 262 g/mol. The van der Waals surface area contributed by atoms with Crippen LogP contribution in [0.4, 0.5) is 0 Å². The van der Waals surface area contributed by atoms with E-state index in [-0.39, 0.29) is 5.91 Å². The van der Waals surface area contributed by atoms with Gasteiger partial charge in [0.2, 0.25) is 5.91 Å². The van der Waals surface area contributed by atoms with Crippen LogP contribution in [0.25, 0.3) is 0 Å². The molecule has 1 fully saturated rings. The number of nitrogens with two attached hydrogens (primary N) is 1. The number of primary amides is 1. The highest BCUT2D eigenvalue weighted by molar-refractivity contribution is 5.86. The van der Waals surface area contributed by atoms with Crippen LogP contribution in [0.3, 0.4) is 0 Å². The van der Waals surface area contributed by atoms with Gasteiger partial charge < -0.3 is 5.73 Å². The van der Waals surface area contributed by atoms with Crippen LogP contribution < -0.4 is 11.1 Å². The summed E-state index contributed by atoms with van der Waals surface area (Å²) in [5, 5.41) is 3.43. The normalized spacial score (nSPS) is 17.7. The van der Waals surface area contributed by atoms with Crippen molar-refractivity contribution in [1.82, 2.24) is 10.2 Å². The van der Waals surface area contributed by atoms with E-state index in [4.69, 9.17) is 5.73 Å². The van der Waals surface area contributed by atoms with Gasteiger partial charge in [0.1, 0.15) is 5.54 Å². The standard InChI is InChI=1S/C17H27N3O/c1-3-12-19-17(16(18)21,14-8-6-5-7-9-14)13-20(4-2)15-10-11-15/h5-9,15,19H,3-4,10-13H2,1-2H3,(H2,18,21). The van der Waals surface area contributed by atoms with E-state index in [1.54, 1.807) is 0 Å². The van der Waals surface area contributed by atoms with Crippen molar-refractivity contribution in [1.29, 1.82) is 0 Å². The summed E-state index contributed by atoms with van der Waals surface area (Å²) >= 11 is 0. The zero-order valence-electron chi connectivity index (χ0n) is 13.1. The van der Waals surface area contributed by atoms with E-state index < -0.39 is 5.54 Å². The van der Waals surface area contributed by atoms with Crippen LogP contribution in [0.15, 0.2) is 30.3 Å². The smallest absolute Gasteiger partial charge is 0.243 e. The highest BCUT2D eigenvalue weighted by Crippen LogP contribution is 2.31. The number of benzene rings is 1. The lowest BCUT2D eigenvalue weighted by Gasteiger charge is -2.37. The van der Waals surface area contributed by atoms with Gasteiger partial charge in [-0.2, -0.15) is 0 Å². The molecule has 0 aromatic heterocycles. The zero-order valence-corrected chi connectivity index (χ0v) is 13.1. The second kappa shape index (κ2) is 7.05. The lowest BCUT2D eigenvalue weighted by atomic mass is 9.88. The number of nitrogens with one attached hydrogen (secondary N) is 1. The highest BCUT2D eigenvalue weighted by atomic mass is 16.1. The molecule has 0 spiro atoms. The topological polar surface area (TPSA) is 58.4 Å². The van der Waals surface area contributed by atoms with Gasteiger partial charge in [0, 0.05) is 12.6 Å². The first-order valence-corrected chi connectivity index (χ1v) is 7.98. The van der Waals surface area contributed by atoms with Crippen LogP contribution in [-0.4, -0.2) is 36.5 Å². The van der Waals surface area contributed by atoms with E-state index in [0.717, 1.165) is 25.1 Å². The Morgan fingerprint density at radius 3 is 2.48 bits per heavy atom. The number of hydrogen-bond acceptors (Lipinski definition) is 3. The molecule has 0 radical (unpaired) electrons. The molecule has 4 nitrogen and oxygen atoms in total. The third-order valence-corrected chi connectivity index (χ3v) is 4.27. The molecule has 2 rings (SSSR count). The van der Waals surface area contributed by atoms with E-state index in [1.807, 2.05) is 30.3 Å². The van der Waals surface area contributed by atoms with Crippen molar-refractivity contribution in [2.24, 2.45) is 5.73 Å². The largest absolute Gasteiger partial charge is 0.368 e. The molecule has 1 unspecified atom stereocenters. The minimum atomic E-state index is -0.796. The molecule has 1 amide bonds. The number of amides is 1. The summed E-state index contributed by atoms with van der Waals surface area (Å²) in [5.41, 5.74) is 6.01. The summed E-state index contributed by atoms with van der Waals surface area (Å²) in [4.78, 5) is 14.7. The van der Waals surface area contributed by atoms with Gasteiger partial charge in [0.25, 0.3) is 0 Å². The maximum atomic E-state index is 12.4. The fourth-order valence-corrected chi connectivity index (χ4v) is 2.86. The average molecular weight is 289 g/mol. The van der Waals surface area contributed by atoms with E-state index in [9.17, 15) is 4.79 Å². The van der Waals surface area contributed by atoms with Gasteiger partial charge in [-0.3, -0.25) is 15.0 Å². The van der Waals surface area contributed by atoms with Crippen LogP contribution in [0.1, 0.15) is 38.7 Å². The second-order valence-electron chi connectivity index (χ2n) is 5.86. The van der Waals surface area contributed by atoms with Crippen LogP contribution in [0.2, 0.25) is 0 Å². The van der Waals surface area contributed by atoms with E-state index in [2.05, 4.69) is 24.1 Å². The minimum absolute atomic E-state index is 0.291. The van der Waals surface area contributed by atoms with E-state index in [1.165, 1.54) is 12.8 Å². The molecule has 3 N–H and O–H groups in total. The summed E-state index contributed by atoms with van der Waals surface area (Å²) in [6.07, 6.45) is 3.42. The van der Waals surface area contributed by atoms with Gasteiger partial charge in [-0.05, 0) is 37.9 Å². The highest BCUT2D eigenvalue weighted by Gasteiger charge is 2.42. The van der Waals surface area contributed by atoms with Gasteiger partial charge in [0.05, 0.1) is 0 Å². The predicted octanol–water partition coefficient (Wildman–Crippen LogP) is 1.85. The molecule has 1 aliphatic carbocycles. The SMILES string of the molecule is CCCNC(CN(CC)C1CC1)(C(N)=O)c1ccccc1. The molecule has 1 saturated carbocycles. The monoisotopic (exact) mass is 289 g/mol. The third-order valence-electron chi connectivity index (χ3n) is 4.27. The molecule has 4 heteroatoms. The van der Waals surface area contributed by atoms with E-state index in [0.29, 0.717) is 12.6 Å². The Kier molecular flexibility index (Phi) is 5.37. The van der Waals surface area contributed by atoms with Crippen molar-refractivity contribution in [2.45, 2.75) is 44.7 Å². The Morgan fingerprint density at radius 1 is 1.33 bits per heavy atom. The molecule has 116 valence electrons. The zero-order chi connectivity index (χ0) is 15.3. The molecule has 0 aliphatic heterocycles. The molecule has 1 aromatic rings. The lowest BCUT2D eigenvalue weighted by molar-refractivity contribution is -0.125. The molecule has 21 heavy (non-hydrogen) atoms. The van der Waals surface area contributed by atoms with Gasteiger partial charge in [-0.15, -0.1) is 0 Å². The van der Waals surface area contributed by atoms with Crippen molar-refractivity contribution in [3.8, 4) is 0 Å². The van der Waals surface area contributed by atoms with Crippen molar-refractivity contribution >= 4 is 5.91 Å².